The van der Waals surface area contributed by atoms with E-state index < -0.39 is 0 Å². The summed E-state index contributed by atoms with van der Waals surface area (Å²) < 4.78 is 5.11. The quantitative estimate of drug-likeness (QED) is 0.744. The highest BCUT2D eigenvalue weighted by Gasteiger charge is 2.07. The average molecular weight is 244 g/mol. The van der Waals surface area contributed by atoms with E-state index in [1.165, 1.54) is 0 Å². The van der Waals surface area contributed by atoms with E-state index in [0.29, 0.717) is 11.7 Å². The molecule has 0 radical (unpaired) electrons. The zero-order valence-electron chi connectivity index (χ0n) is 10.2. The molecule has 1 unspecified atom stereocenters. The molecule has 0 spiro atoms. The predicted molar refractivity (Wildman–Crippen MR) is 66.5 cm³/mol. The molecule has 0 saturated heterocycles. The van der Waals surface area contributed by atoms with Crippen LogP contribution in [0.3, 0.4) is 0 Å². The standard InChI is InChI=1S/C11H18ClN3O/c1-8(12)5-6-15(3)10-7-11(16-4)14-9(2)13-10/h7-8H,5-6H2,1-4H3. The van der Waals surface area contributed by atoms with E-state index in [4.69, 9.17) is 16.3 Å². The van der Waals surface area contributed by atoms with Gasteiger partial charge >= 0.3 is 0 Å². The van der Waals surface area contributed by atoms with Crippen molar-refractivity contribution in [3.63, 3.8) is 0 Å². The third-order valence-corrected chi connectivity index (χ3v) is 2.48. The lowest BCUT2D eigenvalue weighted by Crippen LogP contribution is -2.22. The summed E-state index contributed by atoms with van der Waals surface area (Å²) in [5.41, 5.74) is 0. The molecule has 0 aromatic carbocycles. The molecule has 0 aliphatic heterocycles. The van der Waals surface area contributed by atoms with Gasteiger partial charge < -0.3 is 9.64 Å². The second kappa shape index (κ2) is 5.89. The molecule has 1 aromatic heterocycles. The molecule has 0 fully saturated rings. The van der Waals surface area contributed by atoms with Crippen molar-refractivity contribution in [2.45, 2.75) is 25.6 Å². The molecule has 0 amide bonds. The first-order valence-corrected chi connectivity index (χ1v) is 5.71. The molecule has 0 aliphatic carbocycles. The molecule has 1 atom stereocenters. The van der Waals surface area contributed by atoms with Gasteiger partial charge in [-0.3, -0.25) is 0 Å². The van der Waals surface area contributed by atoms with Crippen molar-refractivity contribution >= 4 is 17.4 Å². The number of hydrogen-bond donors (Lipinski definition) is 0. The van der Waals surface area contributed by atoms with E-state index >= 15 is 0 Å². The first kappa shape index (κ1) is 13.0. The zero-order chi connectivity index (χ0) is 12.1. The van der Waals surface area contributed by atoms with Crippen molar-refractivity contribution in [3.05, 3.63) is 11.9 Å². The molecule has 0 bridgehead atoms. The summed E-state index contributed by atoms with van der Waals surface area (Å²) in [5, 5.41) is 0.173. The number of hydrogen-bond acceptors (Lipinski definition) is 4. The van der Waals surface area contributed by atoms with Crippen molar-refractivity contribution in [2.75, 3.05) is 25.6 Å². The van der Waals surface area contributed by atoms with Crippen LogP contribution < -0.4 is 9.64 Å². The van der Waals surface area contributed by atoms with Gasteiger partial charge in [-0.25, -0.2) is 4.98 Å². The second-order valence-electron chi connectivity index (χ2n) is 3.81. The van der Waals surface area contributed by atoms with Crippen molar-refractivity contribution in [3.8, 4) is 5.88 Å². The summed E-state index contributed by atoms with van der Waals surface area (Å²) in [7, 11) is 3.59. The third kappa shape index (κ3) is 3.85. The normalized spacial score (nSPS) is 12.3. The van der Waals surface area contributed by atoms with Crippen LogP contribution in [-0.2, 0) is 0 Å². The summed E-state index contributed by atoms with van der Waals surface area (Å²) in [6.07, 6.45) is 0.920. The number of anilines is 1. The minimum absolute atomic E-state index is 0.173. The summed E-state index contributed by atoms with van der Waals surface area (Å²) in [6, 6.07) is 1.83. The number of alkyl halides is 1. The maximum Gasteiger partial charge on any atom is 0.218 e. The van der Waals surface area contributed by atoms with E-state index in [2.05, 4.69) is 14.9 Å². The van der Waals surface area contributed by atoms with Crippen LogP contribution in [0.15, 0.2) is 6.07 Å². The molecule has 4 nitrogen and oxygen atoms in total. The van der Waals surface area contributed by atoms with Crippen LogP contribution in [0.2, 0.25) is 0 Å². The van der Waals surface area contributed by atoms with Crippen LogP contribution in [-0.4, -0.2) is 36.0 Å². The van der Waals surface area contributed by atoms with Gasteiger partial charge in [-0.1, -0.05) is 0 Å². The van der Waals surface area contributed by atoms with Crippen LogP contribution in [0, 0.1) is 6.92 Å². The highest BCUT2D eigenvalue weighted by molar-refractivity contribution is 6.20. The molecule has 1 heterocycles. The van der Waals surface area contributed by atoms with Gasteiger partial charge in [0.25, 0.3) is 0 Å². The van der Waals surface area contributed by atoms with Crippen LogP contribution in [0.5, 0.6) is 5.88 Å². The van der Waals surface area contributed by atoms with E-state index in [9.17, 15) is 0 Å². The smallest absolute Gasteiger partial charge is 0.218 e. The van der Waals surface area contributed by atoms with Gasteiger partial charge in [-0.2, -0.15) is 4.98 Å². The first-order chi connectivity index (χ1) is 7.52. The number of aryl methyl sites for hydroxylation is 1. The van der Waals surface area contributed by atoms with Gasteiger partial charge in [0.05, 0.1) is 7.11 Å². The summed E-state index contributed by atoms with van der Waals surface area (Å²) in [6.45, 7) is 4.70. The van der Waals surface area contributed by atoms with Gasteiger partial charge in [0, 0.05) is 25.0 Å². The third-order valence-electron chi connectivity index (χ3n) is 2.26. The largest absolute Gasteiger partial charge is 0.481 e. The van der Waals surface area contributed by atoms with Crippen molar-refractivity contribution in [1.29, 1.82) is 0 Å². The van der Waals surface area contributed by atoms with Crippen LogP contribution in [0.25, 0.3) is 0 Å². The Bertz CT molecular complexity index is 344. The Balaban J connectivity index is 2.74. The maximum absolute atomic E-state index is 5.92. The molecule has 90 valence electrons. The van der Waals surface area contributed by atoms with Gasteiger partial charge in [-0.15, -0.1) is 11.6 Å². The van der Waals surface area contributed by atoms with Gasteiger partial charge in [0.1, 0.15) is 11.6 Å². The van der Waals surface area contributed by atoms with Crippen LogP contribution in [0.1, 0.15) is 19.2 Å². The van der Waals surface area contributed by atoms with Crippen molar-refractivity contribution in [1.82, 2.24) is 9.97 Å². The highest BCUT2D eigenvalue weighted by atomic mass is 35.5. The summed E-state index contributed by atoms with van der Waals surface area (Å²) in [5.74, 6) is 2.16. The van der Waals surface area contributed by atoms with Crippen molar-refractivity contribution in [2.24, 2.45) is 0 Å². The zero-order valence-corrected chi connectivity index (χ0v) is 11.0. The molecule has 1 rings (SSSR count). The van der Waals surface area contributed by atoms with Crippen LogP contribution in [0.4, 0.5) is 5.82 Å². The average Bonchev–Trinajstić information content (AvgIpc) is 2.24. The Morgan fingerprint density at radius 3 is 2.75 bits per heavy atom. The lowest BCUT2D eigenvalue weighted by molar-refractivity contribution is 0.395. The Kier molecular flexibility index (Phi) is 4.80. The topological polar surface area (TPSA) is 38.2 Å². The van der Waals surface area contributed by atoms with Gasteiger partial charge in [-0.05, 0) is 20.3 Å². The number of halogens is 1. The predicted octanol–water partition coefficient (Wildman–Crippen LogP) is 2.25. The molecule has 16 heavy (non-hydrogen) atoms. The minimum atomic E-state index is 0.173. The summed E-state index contributed by atoms with van der Waals surface area (Å²) in [4.78, 5) is 10.5. The van der Waals surface area contributed by atoms with Crippen LogP contribution >= 0.6 is 11.6 Å². The molecular formula is C11H18ClN3O. The number of aromatic nitrogens is 2. The Hall–Kier alpha value is -1.03. The second-order valence-corrected chi connectivity index (χ2v) is 4.55. The Labute approximate surface area is 102 Å². The molecule has 0 saturated carbocycles. The number of methoxy groups -OCH3 is 1. The SMILES string of the molecule is COc1cc(N(C)CCC(C)Cl)nc(C)n1. The Morgan fingerprint density at radius 1 is 1.50 bits per heavy atom. The molecule has 0 N–H and O–H groups in total. The van der Waals surface area contributed by atoms with Gasteiger partial charge in [0.2, 0.25) is 5.88 Å². The summed E-state index contributed by atoms with van der Waals surface area (Å²) >= 11 is 5.92. The number of rotatable bonds is 5. The van der Waals surface area contributed by atoms with Gasteiger partial charge in [0.15, 0.2) is 0 Å². The van der Waals surface area contributed by atoms with E-state index in [1.54, 1.807) is 7.11 Å². The minimum Gasteiger partial charge on any atom is -0.481 e. The number of ether oxygens (including phenoxy) is 1. The lowest BCUT2D eigenvalue weighted by atomic mass is 10.3. The molecular weight excluding hydrogens is 226 g/mol. The molecule has 5 heteroatoms. The van der Waals surface area contributed by atoms with Crippen molar-refractivity contribution < 1.29 is 4.74 Å². The maximum atomic E-state index is 5.92. The van der Waals surface area contributed by atoms with E-state index in [1.807, 2.05) is 27.0 Å². The lowest BCUT2D eigenvalue weighted by Gasteiger charge is -2.19. The van der Waals surface area contributed by atoms with E-state index in [0.717, 1.165) is 18.8 Å². The highest BCUT2D eigenvalue weighted by Crippen LogP contribution is 2.16. The molecule has 1 aromatic rings. The fourth-order valence-corrected chi connectivity index (χ4v) is 1.41. The fourth-order valence-electron chi connectivity index (χ4n) is 1.31. The molecule has 0 aliphatic rings. The fraction of sp³-hybridized carbons (Fsp3) is 0.636. The monoisotopic (exact) mass is 243 g/mol. The first-order valence-electron chi connectivity index (χ1n) is 5.28. The Morgan fingerprint density at radius 2 is 2.19 bits per heavy atom. The van der Waals surface area contributed by atoms with E-state index in [-0.39, 0.29) is 5.38 Å². The number of nitrogens with zero attached hydrogens (tertiary/aromatic N) is 3.